The maximum absolute atomic E-state index is 5.44. The lowest BCUT2D eigenvalue weighted by Crippen LogP contribution is -2.01. The first-order valence-electron chi connectivity index (χ1n) is 6.18. The van der Waals surface area contributed by atoms with Gasteiger partial charge in [0.05, 0.1) is 24.8 Å². The molecule has 2 heterocycles. The fourth-order valence-electron chi connectivity index (χ4n) is 2.06. The summed E-state index contributed by atoms with van der Waals surface area (Å²) in [5.41, 5.74) is 0.791. The van der Waals surface area contributed by atoms with Crippen molar-refractivity contribution in [3.8, 4) is 27.9 Å². The molecule has 108 valence electrons. The van der Waals surface area contributed by atoms with E-state index in [0.29, 0.717) is 10.5 Å². The Kier molecular flexibility index (Phi) is 3.76. The minimum Gasteiger partial charge on any atom is -0.497 e. The molecule has 0 amide bonds. The number of H-pyrrole nitrogens is 1. The molecule has 0 spiro atoms. The van der Waals surface area contributed by atoms with Crippen molar-refractivity contribution < 1.29 is 9.47 Å². The molecule has 3 rings (SSSR count). The number of thiophene rings is 1. The van der Waals surface area contributed by atoms with E-state index in [1.54, 1.807) is 25.6 Å². The highest BCUT2D eigenvalue weighted by Crippen LogP contribution is 2.32. The molecule has 0 unspecified atom stereocenters. The third-order valence-electron chi connectivity index (χ3n) is 3.04. The van der Waals surface area contributed by atoms with Crippen molar-refractivity contribution in [2.45, 2.75) is 0 Å². The van der Waals surface area contributed by atoms with Crippen molar-refractivity contribution in [3.05, 3.63) is 40.5 Å². The normalized spacial score (nSPS) is 10.6. The van der Waals surface area contributed by atoms with Crippen LogP contribution in [0, 0.1) is 4.77 Å². The largest absolute Gasteiger partial charge is 0.497 e. The van der Waals surface area contributed by atoms with Gasteiger partial charge in [-0.2, -0.15) is 5.10 Å². The highest BCUT2D eigenvalue weighted by atomic mass is 32.1. The Morgan fingerprint density at radius 3 is 2.76 bits per heavy atom. The number of hydrogen-bond acceptors (Lipinski definition) is 5. The van der Waals surface area contributed by atoms with Crippen LogP contribution in [0.3, 0.4) is 0 Å². The van der Waals surface area contributed by atoms with Crippen LogP contribution in [-0.4, -0.2) is 29.0 Å². The quantitative estimate of drug-likeness (QED) is 0.745. The molecule has 0 bridgehead atoms. The number of aromatic nitrogens is 3. The van der Waals surface area contributed by atoms with Gasteiger partial charge in [-0.05, 0) is 35.8 Å². The van der Waals surface area contributed by atoms with E-state index in [-0.39, 0.29) is 0 Å². The van der Waals surface area contributed by atoms with Crippen LogP contribution in [0.5, 0.6) is 11.5 Å². The predicted molar refractivity (Wildman–Crippen MR) is 85.2 cm³/mol. The summed E-state index contributed by atoms with van der Waals surface area (Å²) in [6.45, 7) is 0. The molecule has 0 radical (unpaired) electrons. The Balaban J connectivity index is 2.26. The third-order valence-corrected chi connectivity index (χ3v) is 4.18. The van der Waals surface area contributed by atoms with Crippen molar-refractivity contribution in [1.29, 1.82) is 0 Å². The van der Waals surface area contributed by atoms with Crippen LogP contribution in [0.2, 0.25) is 0 Å². The minimum absolute atomic E-state index is 0.505. The van der Waals surface area contributed by atoms with E-state index in [1.165, 1.54) is 0 Å². The van der Waals surface area contributed by atoms with Crippen molar-refractivity contribution in [2.75, 3.05) is 14.2 Å². The zero-order chi connectivity index (χ0) is 14.8. The Labute approximate surface area is 130 Å². The zero-order valence-corrected chi connectivity index (χ0v) is 13.1. The fraction of sp³-hybridized carbons (Fsp3) is 0.143. The van der Waals surface area contributed by atoms with E-state index in [9.17, 15) is 0 Å². The number of hydrogen-bond donors (Lipinski definition) is 1. The van der Waals surface area contributed by atoms with Crippen LogP contribution in [0.1, 0.15) is 0 Å². The highest BCUT2D eigenvalue weighted by Gasteiger charge is 2.16. The predicted octanol–water partition coefficient (Wildman–Crippen LogP) is 3.68. The van der Waals surface area contributed by atoms with E-state index < -0.39 is 0 Å². The summed E-state index contributed by atoms with van der Waals surface area (Å²) in [6, 6.07) is 9.54. The fourth-order valence-corrected chi connectivity index (χ4v) is 3.00. The van der Waals surface area contributed by atoms with Crippen molar-refractivity contribution in [1.82, 2.24) is 14.8 Å². The molecule has 7 heteroatoms. The van der Waals surface area contributed by atoms with Crippen molar-refractivity contribution in [3.63, 3.8) is 0 Å². The summed E-state index contributed by atoms with van der Waals surface area (Å²) < 4.78 is 13.1. The molecule has 0 atom stereocenters. The van der Waals surface area contributed by atoms with Gasteiger partial charge in [0.15, 0.2) is 10.6 Å². The lowest BCUT2D eigenvalue weighted by atomic mass is 10.2. The number of ether oxygens (including phenoxy) is 2. The molecule has 1 N–H and O–H groups in total. The van der Waals surface area contributed by atoms with Gasteiger partial charge >= 0.3 is 0 Å². The van der Waals surface area contributed by atoms with Gasteiger partial charge in [0, 0.05) is 6.07 Å². The molecule has 0 fully saturated rings. The van der Waals surface area contributed by atoms with Crippen LogP contribution in [-0.2, 0) is 0 Å². The van der Waals surface area contributed by atoms with E-state index in [0.717, 1.165) is 22.1 Å². The molecule has 2 aromatic heterocycles. The number of methoxy groups -OCH3 is 2. The number of aromatic amines is 1. The first-order valence-corrected chi connectivity index (χ1v) is 7.47. The summed E-state index contributed by atoms with van der Waals surface area (Å²) in [5, 5.41) is 9.16. The monoisotopic (exact) mass is 319 g/mol. The van der Waals surface area contributed by atoms with Crippen LogP contribution < -0.4 is 9.47 Å². The van der Waals surface area contributed by atoms with Crippen LogP contribution >= 0.6 is 23.6 Å². The van der Waals surface area contributed by atoms with E-state index >= 15 is 0 Å². The molecule has 0 aliphatic carbocycles. The summed E-state index contributed by atoms with van der Waals surface area (Å²) >= 11 is 6.97. The van der Waals surface area contributed by atoms with Gasteiger partial charge in [0.2, 0.25) is 0 Å². The Hall–Kier alpha value is -2.12. The third kappa shape index (κ3) is 2.45. The molecule has 0 saturated carbocycles. The van der Waals surface area contributed by atoms with E-state index in [1.807, 2.05) is 40.3 Å². The Morgan fingerprint density at radius 2 is 2.10 bits per heavy atom. The van der Waals surface area contributed by atoms with Crippen LogP contribution in [0.4, 0.5) is 0 Å². The van der Waals surface area contributed by atoms with Gasteiger partial charge in [-0.1, -0.05) is 6.07 Å². The topological polar surface area (TPSA) is 52.1 Å². The second-order valence-electron chi connectivity index (χ2n) is 4.20. The number of benzene rings is 1. The first kappa shape index (κ1) is 13.8. The molecule has 0 saturated heterocycles. The zero-order valence-electron chi connectivity index (χ0n) is 11.5. The highest BCUT2D eigenvalue weighted by molar-refractivity contribution is 7.71. The smallest absolute Gasteiger partial charge is 0.200 e. The first-order chi connectivity index (χ1) is 10.2. The molecule has 0 aliphatic heterocycles. The number of nitrogens with zero attached hydrogens (tertiary/aromatic N) is 2. The lowest BCUT2D eigenvalue weighted by Gasteiger charge is -2.12. The molecule has 5 nitrogen and oxygen atoms in total. The Morgan fingerprint density at radius 1 is 1.24 bits per heavy atom. The lowest BCUT2D eigenvalue weighted by molar-refractivity contribution is 0.401. The number of rotatable bonds is 4. The van der Waals surface area contributed by atoms with Gasteiger partial charge < -0.3 is 9.47 Å². The second kappa shape index (κ2) is 5.71. The van der Waals surface area contributed by atoms with Crippen molar-refractivity contribution in [2.24, 2.45) is 0 Å². The summed E-state index contributed by atoms with van der Waals surface area (Å²) in [4.78, 5) is 1.02. The van der Waals surface area contributed by atoms with E-state index in [2.05, 4.69) is 10.2 Å². The molecular formula is C14H13N3O2S2. The standard InChI is InChI=1S/C14H13N3O2S2/c1-18-9-5-6-11(19-2)10(8-9)17-13(15-16-14(17)20)12-4-3-7-21-12/h3-8H,1-2H3,(H,16,20). The molecular weight excluding hydrogens is 306 g/mol. The van der Waals surface area contributed by atoms with Gasteiger partial charge in [-0.3, -0.25) is 9.67 Å². The Bertz CT molecular complexity index is 806. The molecule has 3 aromatic rings. The number of nitrogens with one attached hydrogen (secondary N) is 1. The maximum atomic E-state index is 5.44. The average molecular weight is 319 g/mol. The summed E-state index contributed by atoms with van der Waals surface area (Å²) in [7, 11) is 3.25. The van der Waals surface area contributed by atoms with Gasteiger partial charge in [-0.15, -0.1) is 11.3 Å². The van der Waals surface area contributed by atoms with E-state index in [4.69, 9.17) is 21.7 Å². The minimum atomic E-state index is 0.505. The summed E-state index contributed by atoms with van der Waals surface area (Å²) in [6.07, 6.45) is 0. The summed E-state index contributed by atoms with van der Waals surface area (Å²) in [5.74, 6) is 2.18. The molecule has 1 aromatic carbocycles. The average Bonchev–Trinajstić information content (AvgIpc) is 3.15. The van der Waals surface area contributed by atoms with Gasteiger partial charge in [-0.25, -0.2) is 0 Å². The molecule has 21 heavy (non-hydrogen) atoms. The van der Waals surface area contributed by atoms with Crippen molar-refractivity contribution >= 4 is 23.6 Å². The van der Waals surface area contributed by atoms with Crippen LogP contribution in [0.15, 0.2) is 35.7 Å². The van der Waals surface area contributed by atoms with Crippen LogP contribution in [0.25, 0.3) is 16.4 Å². The van der Waals surface area contributed by atoms with Gasteiger partial charge in [0.25, 0.3) is 0 Å². The molecule has 0 aliphatic rings. The maximum Gasteiger partial charge on any atom is 0.200 e. The van der Waals surface area contributed by atoms with Gasteiger partial charge in [0.1, 0.15) is 11.5 Å². The SMILES string of the molecule is COc1ccc(OC)c(-n2c(-c3cccs3)n[nH]c2=S)c1. The second-order valence-corrected chi connectivity index (χ2v) is 5.54.